The summed E-state index contributed by atoms with van der Waals surface area (Å²) in [6.07, 6.45) is 6.36. The van der Waals surface area contributed by atoms with Crippen molar-refractivity contribution < 1.29 is 13.2 Å². The van der Waals surface area contributed by atoms with E-state index in [0.717, 1.165) is 55.4 Å². The number of hydrogen-bond acceptors (Lipinski definition) is 4. The number of rotatable bonds is 6. The zero-order valence-electron chi connectivity index (χ0n) is 12.8. The molecule has 22 heavy (non-hydrogen) atoms. The molecule has 3 rings (SSSR count). The zero-order valence-corrected chi connectivity index (χ0v) is 14.4. The zero-order chi connectivity index (χ0) is 15.7. The quantitative estimate of drug-likeness (QED) is 0.834. The van der Waals surface area contributed by atoms with Crippen molar-refractivity contribution >= 4 is 32.3 Å². The van der Waals surface area contributed by atoms with Crippen molar-refractivity contribution in [2.75, 3.05) is 11.9 Å². The van der Waals surface area contributed by atoms with Crippen molar-refractivity contribution in [3.05, 3.63) is 10.4 Å². The molecule has 0 aromatic carbocycles. The maximum absolute atomic E-state index is 12.7. The third-order valence-corrected chi connectivity index (χ3v) is 7.03. The van der Waals surface area contributed by atoms with Gasteiger partial charge < -0.3 is 5.32 Å². The van der Waals surface area contributed by atoms with E-state index in [0.29, 0.717) is 16.4 Å². The van der Waals surface area contributed by atoms with Crippen LogP contribution in [0.3, 0.4) is 0 Å². The molecule has 0 bridgehead atoms. The van der Waals surface area contributed by atoms with Gasteiger partial charge in [0.15, 0.2) is 0 Å². The number of thiophene rings is 1. The number of carbonyl (C=O) groups is 1. The molecule has 122 valence electrons. The number of anilines is 1. The van der Waals surface area contributed by atoms with Crippen LogP contribution in [-0.2, 0) is 27.7 Å². The Balaban J connectivity index is 1.97. The first-order valence-electron chi connectivity index (χ1n) is 7.98. The van der Waals surface area contributed by atoms with Crippen molar-refractivity contribution in [1.29, 1.82) is 0 Å². The fraction of sp³-hybridized carbons (Fsp3) is 0.667. The summed E-state index contributed by atoms with van der Waals surface area (Å²) in [4.78, 5) is 13.5. The molecule has 0 radical (unpaired) electrons. The van der Waals surface area contributed by atoms with Crippen LogP contribution in [0.5, 0.6) is 0 Å². The third kappa shape index (κ3) is 3.21. The molecular formula is C15H22N2O3S2. The smallest absolute Gasteiger partial charge is 0.243 e. The van der Waals surface area contributed by atoms with Gasteiger partial charge in [0.05, 0.1) is 0 Å². The molecule has 0 saturated heterocycles. The monoisotopic (exact) mass is 342 g/mol. The summed E-state index contributed by atoms with van der Waals surface area (Å²) in [6.45, 7) is 2.35. The van der Waals surface area contributed by atoms with E-state index in [-0.39, 0.29) is 11.8 Å². The van der Waals surface area contributed by atoms with Crippen molar-refractivity contribution in [1.82, 2.24) is 4.72 Å². The van der Waals surface area contributed by atoms with Gasteiger partial charge in [-0.3, -0.25) is 4.79 Å². The van der Waals surface area contributed by atoms with Gasteiger partial charge in [-0.1, -0.05) is 6.92 Å². The normalized spacial score (nSPS) is 18.0. The van der Waals surface area contributed by atoms with Crippen LogP contribution in [0.25, 0.3) is 0 Å². The Morgan fingerprint density at radius 3 is 2.68 bits per heavy atom. The lowest BCUT2D eigenvalue weighted by Gasteiger charge is -2.14. The van der Waals surface area contributed by atoms with Gasteiger partial charge in [-0.15, -0.1) is 11.3 Å². The molecular weight excluding hydrogens is 320 g/mol. The Morgan fingerprint density at radius 1 is 1.27 bits per heavy atom. The van der Waals surface area contributed by atoms with Crippen LogP contribution in [0.2, 0.25) is 0 Å². The van der Waals surface area contributed by atoms with Crippen LogP contribution in [0.1, 0.15) is 49.5 Å². The number of sulfonamides is 1. The highest BCUT2D eigenvalue weighted by Crippen LogP contribution is 2.42. The number of fused-ring (bicyclic) bond motifs is 1. The summed E-state index contributed by atoms with van der Waals surface area (Å²) >= 11 is 1.44. The van der Waals surface area contributed by atoms with Gasteiger partial charge in [0.25, 0.3) is 0 Å². The second kappa shape index (κ2) is 6.29. The molecule has 1 aromatic rings. The highest BCUT2D eigenvalue weighted by Gasteiger charge is 2.34. The van der Waals surface area contributed by atoms with E-state index in [2.05, 4.69) is 10.0 Å². The summed E-state index contributed by atoms with van der Waals surface area (Å²) in [5.41, 5.74) is 0.922. The number of nitrogens with one attached hydrogen (secondary N) is 2. The van der Waals surface area contributed by atoms with Crippen LogP contribution in [-0.4, -0.2) is 20.9 Å². The van der Waals surface area contributed by atoms with Gasteiger partial charge in [0, 0.05) is 17.3 Å². The average Bonchev–Trinajstić information content (AvgIpc) is 3.26. The lowest BCUT2D eigenvalue weighted by molar-refractivity contribution is -0.117. The molecule has 2 N–H and O–H groups in total. The predicted octanol–water partition coefficient (Wildman–Crippen LogP) is 2.66. The molecule has 1 amide bonds. The highest BCUT2D eigenvalue weighted by atomic mass is 32.2. The first-order chi connectivity index (χ1) is 10.5. The Labute approximate surface area is 135 Å². The summed E-state index contributed by atoms with van der Waals surface area (Å²) in [7, 11) is -3.56. The van der Waals surface area contributed by atoms with Crippen LogP contribution in [0, 0.1) is 5.92 Å². The fourth-order valence-corrected chi connectivity index (χ4v) is 5.94. The second-order valence-electron chi connectivity index (χ2n) is 6.03. The van der Waals surface area contributed by atoms with Gasteiger partial charge in [-0.05, 0) is 50.5 Å². The SMILES string of the molecule is CCCNS(=O)(=O)c1c(NC(=O)C2CC2)sc2c1CCCC2. The Bertz CT molecular complexity index is 675. The minimum atomic E-state index is -3.56. The minimum absolute atomic E-state index is 0.0365. The summed E-state index contributed by atoms with van der Waals surface area (Å²) in [5.74, 6) is 0.0313. The van der Waals surface area contributed by atoms with Crippen molar-refractivity contribution in [3.8, 4) is 0 Å². The lowest BCUT2D eigenvalue weighted by atomic mass is 9.99. The molecule has 1 saturated carbocycles. The minimum Gasteiger partial charge on any atom is -0.316 e. The van der Waals surface area contributed by atoms with Crippen molar-refractivity contribution in [3.63, 3.8) is 0 Å². The van der Waals surface area contributed by atoms with E-state index in [9.17, 15) is 13.2 Å². The number of hydrogen-bond donors (Lipinski definition) is 2. The molecule has 5 nitrogen and oxygen atoms in total. The largest absolute Gasteiger partial charge is 0.316 e. The van der Waals surface area contributed by atoms with Crippen molar-refractivity contribution in [2.45, 2.75) is 56.8 Å². The van der Waals surface area contributed by atoms with Gasteiger partial charge in [-0.2, -0.15) is 0 Å². The van der Waals surface area contributed by atoms with E-state index >= 15 is 0 Å². The summed E-state index contributed by atoms with van der Waals surface area (Å²) in [5, 5.41) is 3.39. The summed E-state index contributed by atoms with van der Waals surface area (Å²) in [6, 6.07) is 0. The van der Waals surface area contributed by atoms with Crippen LogP contribution in [0.4, 0.5) is 5.00 Å². The van der Waals surface area contributed by atoms with Gasteiger partial charge in [-0.25, -0.2) is 13.1 Å². The molecule has 0 spiro atoms. The Kier molecular flexibility index (Phi) is 4.56. The standard InChI is InChI=1S/C15H22N2O3S2/c1-2-9-16-22(19,20)13-11-5-3-4-6-12(11)21-15(13)17-14(18)10-7-8-10/h10,16H,2-9H2,1H3,(H,17,18). The molecule has 2 aliphatic carbocycles. The van der Waals surface area contributed by atoms with Crippen LogP contribution < -0.4 is 10.0 Å². The van der Waals surface area contributed by atoms with Gasteiger partial charge >= 0.3 is 0 Å². The van der Waals surface area contributed by atoms with E-state index in [1.165, 1.54) is 11.3 Å². The molecule has 1 fully saturated rings. The molecule has 7 heteroatoms. The number of carbonyl (C=O) groups excluding carboxylic acids is 1. The molecule has 0 unspecified atom stereocenters. The molecule has 0 aliphatic heterocycles. The maximum atomic E-state index is 12.7. The van der Waals surface area contributed by atoms with E-state index in [1.54, 1.807) is 0 Å². The number of amides is 1. The molecule has 1 heterocycles. The average molecular weight is 342 g/mol. The molecule has 2 aliphatic rings. The maximum Gasteiger partial charge on any atom is 0.243 e. The van der Waals surface area contributed by atoms with E-state index in [1.807, 2.05) is 6.92 Å². The van der Waals surface area contributed by atoms with E-state index < -0.39 is 10.0 Å². The van der Waals surface area contributed by atoms with E-state index in [4.69, 9.17) is 0 Å². The number of aryl methyl sites for hydroxylation is 1. The predicted molar refractivity (Wildman–Crippen MR) is 87.8 cm³/mol. The lowest BCUT2D eigenvalue weighted by Crippen LogP contribution is -2.26. The first kappa shape index (κ1) is 16.0. The van der Waals surface area contributed by atoms with Gasteiger partial charge in [0.1, 0.15) is 9.90 Å². The molecule has 1 aromatic heterocycles. The van der Waals surface area contributed by atoms with Crippen LogP contribution in [0.15, 0.2) is 4.90 Å². The molecule has 0 atom stereocenters. The topological polar surface area (TPSA) is 75.3 Å². The summed E-state index contributed by atoms with van der Waals surface area (Å²) < 4.78 is 28.0. The first-order valence-corrected chi connectivity index (χ1v) is 10.3. The van der Waals surface area contributed by atoms with Gasteiger partial charge in [0.2, 0.25) is 15.9 Å². The highest BCUT2D eigenvalue weighted by molar-refractivity contribution is 7.90. The van der Waals surface area contributed by atoms with Crippen LogP contribution >= 0.6 is 11.3 Å². The fourth-order valence-electron chi connectivity index (χ4n) is 2.77. The Morgan fingerprint density at radius 2 is 2.00 bits per heavy atom. The Hall–Kier alpha value is -0.920. The van der Waals surface area contributed by atoms with Crippen molar-refractivity contribution in [2.24, 2.45) is 5.92 Å². The second-order valence-corrected chi connectivity index (χ2v) is 8.84. The third-order valence-electron chi connectivity index (χ3n) is 4.12.